The molecule has 0 bridgehead atoms. The molecule has 10 nitrogen and oxygen atoms in total. The molecule has 0 spiro atoms. The summed E-state index contributed by atoms with van der Waals surface area (Å²) in [6, 6.07) is 14.9. The van der Waals surface area contributed by atoms with E-state index in [4.69, 9.17) is 36.9 Å². The van der Waals surface area contributed by atoms with Crippen LogP contribution in [0.2, 0.25) is 0 Å². The average Bonchev–Trinajstić information content (AvgIpc) is 3.30. The number of halogens is 1. The summed E-state index contributed by atoms with van der Waals surface area (Å²) in [4.78, 5) is 34.9. The first-order valence-corrected chi connectivity index (χ1v) is 13.2. The summed E-state index contributed by atoms with van der Waals surface area (Å²) in [5.41, 5.74) is 9.45. The van der Waals surface area contributed by atoms with Gasteiger partial charge in [-0.3, -0.25) is 4.79 Å². The van der Waals surface area contributed by atoms with E-state index >= 15 is 0 Å². The van der Waals surface area contributed by atoms with Crippen LogP contribution in [0.1, 0.15) is 24.7 Å². The number of carboxylic acids is 1. The van der Waals surface area contributed by atoms with Crippen molar-refractivity contribution in [3.8, 4) is 5.75 Å². The Hall–Kier alpha value is -3.89. The quantitative estimate of drug-likeness (QED) is 0.238. The fourth-order valence-electron chi connectivity index (χ4n) is 4.52. The number of pyridine rings is 1. The number of aryl methyl sites for hydroxylation is 1. The molecular formula is C28H32ClN5O5. The second-order valence-electron chi connectivity index (χ2n) is 9.18. The highest BCUT2D eigenvalue weighted by atomic mass is 35.5. The Morgan fingerprint density at radius 2 is 1.97 bits per heavy atom. The number of rotatable bonds is 13. The molecule has 0 saturated heterocycles. The molecule has 2 heterocycles. The topological polar surface area (TPSA) is 133 Å². The van der Waals surface area contributed by atoms with Gasteiger partial charge in [-0.1, -0.05) is 30.3 Å². The maximum absolute atomic E-state index is 12.7. The predicted molar refractivity (Wildman–Crippen MR) is 150 cm³/mol. The first kappa shape index (κ1) is 28.1. The molecule has 3 N–H and O–H groups in total. The van der Waals surface area contributed by atoms with Crippen LogP contribution in [0.5, 0.6) is 5.75 Å². The summed E-state index contributed by atoms with van der Waals surface area (Å²) in [7, 11) is 1.65. The van der Waals surface area contributed by atoms with Gasteiger partial charge in [0.1, 0.15) is 23.0 Å². The minimum atomic E-state index is -1.05. The van der Waals surface area contributed by atoms with E-state index in [1.54, 1.807) is 30.2 Å². The number of ether oxygens (including phenoxy) is 2. The van der Waals surface area contributed by atoms with Crippen molar-refractivity contribution in [1.29, 1.82) is 0 Å². The highest BCUT2D eigenvalue weighted by Gasteiger charge is 2.19. The van der Waals surface area contributed by atoms with Crippen molar-refractivity contribution in [1.82, 2.24) is 19.4 Å². The number of nitrogens with zero attached hydrogens (tertiary/aromatic N) is 4. The number of nitrogens with two attached hydrogens (primary N) is 1. The van der Waals surface area contributed by atoms with Gasteiger partial charge in [0.15, 0.2) is 11.9 Å². The van der Waals surface area contributed by atoms with E-state index in [0.29, 0.717) is 56.2 Å². The van der Waals surface area contributed by atoms with Crippen LogP contribution in [0.15, 0.2) is 48.5 Å². The van der Waals surface area contributed by atoms with Crippen molar-refractivity contribution >= 4 is 51.2 Å². The predicted octanol–water partition coefficient (Wildman–Crippen LogP) is 3.87. The maximum Gasteiger partial charge on any atom is 0.344 e. The Balaban J connectivity index is 1.56. The van der Waals surface area contributed by atoms with Crippen molar-refractivity contribution < 1.29 is 24.2 Å². The monoisotopic (exact) mass is 553 g/mol. The average molecular weight is 554 g/mol. The van der Waals surface area contributed by atoms with Crippen molar-refractivity contribution in [3.63, 3.8) is 0 Å². The lowest BCUT2D eigenvalue weighted by Crippen LogP contribution is -2.33. The van der Waals surface area contributed by atoms with Gasteiger partial charge in [0.25, 0.3) is 0 Å². The minimum Gasteiger partial charge on any atom is -0.479 e. The molecule has 0 aliphatic carbocycles. The van der Waals surface area contributed by atoms with Gasteiger partial charge in [-0.25, -0.2) is 14.8 Å². The molecule has 0 saturated carbocycles. The highest BCUT2D eigenvalue weighted by Crippen LogP contribution is 2.29. The van der Waals surface area contributed by atoms with E-state index in [1.807, 2.05) is 30.3 Å². The number of aromatic nitrogens is 3. The first-order valence-electron chi connectivity index (χ1n) is 12.7. The minimum absolute atomic E-state index is 0.147. The van der Waals surface area contributed by atoms with Gasteiger partial charge >= 0.3 is 5.97 Å². The molecular weight excluding hydrogens is 522 g/mol. The van der Waals surface area contributed by atoms with E-state index < -0.39 is 12.1 Å². The van der Waals surface area contributed by atoms with Crippen molar-refractivity contribution in [2.24, 2.45) is 0 Å². The Morgan fingerprint density at radius 3 is 2.72 bits per heavy atom. The van der Waals surface area contributed by atoms with Gasteiger partial charge in [-0.15, -0.1) is 11.6 Å². The van der Waals surface area contributed by atoms with Crippen LogP contribution >= 0.6 is 11.6 Å². The summed E-state index contributed by atoms with van der Waals surface area (Å²) in [6.45, 7) is 3.32. The summed E-state index contributed by atoms with van der Waals surface area (Å²) in [5, 5.41) is 10.1. The lowest BCUT2D eigenvalue weighted by atomic mass is 10.1. The van der Waals surface area contributed by atoms with E-state index in [0.717, 1.165) is 27.8 Å². The molecule has 0 aliphatic heterocycles. The van der Waals surface area contributed by atoms with E-state index in [-0.39, 0.29) is 11.8 Å². The number of benzene rings is 2. The van der Waals surface area contributed by atoms with Crippen LogP contribution < -0.4 is 10.5 Å². The second kappa shape index (κ2) is 12.8. The molecule has 2 aromatic carbocycles. The van der Waals surface area contributed by atoms with Crippen LogP contribution in [-0.2, 0) is 33.8 Å². The normalized spacial score (nSPS) is 12.1. The molecule has 39 heavy (non-hydrogen) atoms. The summed E-state index contributed by atoms with van der Waals surface area (Å²) >= 11 is 5.94. The zero-order chi connectivity index (χ0) is 27.9. The van der Waals surface area contributed by atoms with Gasteiger partial charge in [-0.2, -0.15) is 0 Å². The van der Waals surface area contributed by atoms with E-state index in [9.17, 15) is 9.59 Å². The number of carboxylic acid groups (broad SMARTS) is 1. The summed E-state index contributed by atoms with van der Waals surface area (Å²) < 4.78 is 12.9. The first-order chi connectivity index (χ1) is 18.8. The van der Waals surface area contributed by atoms with Crippen LogP contribution in [-0.4, -0.2) is 68.7 Å². The third-order valence-electron chi connectivity index (χ3n) is 6.43. The molecule has 11 heteroatoms. The lowest BCUT2D eigenvalue weighted by Gasteiger charge is -2.23. The molecule has 4 rings (SSSR count). The Labute approximate surface area is 231 Å². The number of methoxy groups -OCH3 is 1. The third-order valence-corrected chi connectivity index (χ3v) is 6.66. The maximum atomic E-state index is 12.7. The fraction of sp³-hybridized carbons (Fsp3) is 0.357. The second-order valence-corrected chi connectivity index (χ2v) is 9.45. The number of imidazole rings is 1. The molecule has 2 aromatic heterocycles. The number of nitrogen functional groups attached to an aromatic ring is 1. The van der Waals surface area contributed by atoms with Crippen LogP contribution in [0.3, 0.4) is 0 Å². The number of carbonyl (C=O) groups is 2. The number of hydrogen-bond acceptors (Lipinski definition) is 7. The summed E-state index contributed by atoms with van der Waals surface area (Å²) in [5.74, 6) is 0.235. The van der Waals surface area contributed by atoms with Crippen LogP contribution in [0.4, 0.5) is 5.82 Å². The fourth-order valence-corrected chi connectivity index (χ4v) is 4.69. The van der Waals surface area contributed by atoms with Gasteiger partial charge in [-0.05, 0) is 37.1 Å². The van der Waals surface area contributed by atoms with E-state index in [2.05, 4.69) is 9.55 Å². The third kappa shape index (κ3) is 6.58. The molecule has 206 valence electrons. The van der Waals surface area contributed by atoms with Crippen LogP contribution in [0, 0.1) is 0 Å². The Bertz CT molecular complexity index is 1470. The smallest absolute Gasteiger partial charge is 0.344 e. The van der Waals surface area contributed by atoms with E-state index in [1.165, 1.54) is 6.92 Å². The SMILES string of the molecule is COCCc1nc2c(N)nc3ccccc3c2n1CCCN(Cc1cccc(OC(C)C(=O)O)c1)C(=O)CCl. The Kier molecular flexibility index (Phi) is 9.21. The largest absolute Gasteiger partial charge is 0.479 e. The van der Waals surface area contributed by atoms with Crippen LogP contribution in [0.25, 0.3) is 21.9 Å². The van der Waals surface area contributed by atoms with Crippen molar-refractivity contribution in [2.75, 3.05) is 31.9 Å². The van der Waals surface area contributed by atoms with Gasteiger partial charge < -0.3 is 29.8 Å². The standard InChI is InChI=1S/C28H32ClN5O5/c1-18(28(36)37)39-20-8-5-7-19(15-20)17-33(24(35)16-29)12-6-13-34-23(11-14-38-2)32-25-26(34)21-9-3-4-10-22(21)31-27(25)30/h3-5,7-10,15,18H,6,11-14,16-17H2,1-2H3,(H2,30,31)(H,36,37). The zero-order valence-corrected chi connectivity index (χ0v) is 22.7. The molecule has 0 aliphatic rings. The molecule has 1 unspecified atom stereocenters. The molecule has 0 radical (unpaired) electrons. The van der Waals surface area contributed by atoms with Gasteiger partial charge in [0, 0.05) is 38.6 Å². The number of amides is 1. The molecule has 4 aromatic rings. The number of carbonyl (C=O) groups excluding carboxylic acids is 1. The van der Waals surface area contributed by atoms with Gasteiger partial charge in [0.05, 0.1) is 17.6 Å². The number of fused-ring (bicyclic) bond motifs is 3. The van der Waals surface area contributed by atoms with Crippen molar-refractivity contribution in [2.45, 2.75) is 39.0 Å². The number of para-hydroxylation sites is 1. The van der Waals surface area contributed by atoms with Gasteiger partial charge in [0.2, 0.25) is 5.91 Å². The number of hydrogen-bond donors (Lipinski definition) is 2. The zero-order valence-electron chi connectivity index (χ0n) is 22.0. The number of anilines is 1. The molecule has 0 fully saturated rings. The lowest BCUT2D eigenvalue weighted by molar-refractivity contribution is -0.144. The Morgan fingerprint density at radius 1 is 1.18 bits per heavy atom. The van der Waals surface area contributed by atoms with Crippen molar-refractivity contribution in [3.05, 3.63) is 59.9 Å². The number of aliphatic carboxylic acids is 1. The molecule has 1 amide bonds. The molecule has 1 atom stereocenters. The number of alkyl halides is 1. The summed E-state index contributed by atoms with van der Waals surface area (Å²) in [6.07, 6.45) is 0.250. The highest BCUT2D eigenvalue weighted by molar-refractivity contribution is 6.27.